The molecule has 1 rings (SSSR count). The van der Waals surface area contributed by atoms with Crippen LogP contribution >= 0.6 is 15.9 Å². The summed E-state index contributed by atoms with van der Waals surface area (Å²) in [4.78, 5) is 29.2. The molecule has 0 aliphatic heterocycles. The molecule has 0 spiro atoms. The number of hydrogen-bond donors (Lipinski definition) is 1. The molecule has 1 N–H and O–H groups in total. The Morgan fingerprint density at radius 3 is 2.53 bits per heavy atom. The van der Waals surface area contributed by atoms with Crippen molar-refractivity contribution < 1.29 is 9.59 Å². The van der Waals surface area contributed by atoms with Crippen LogP contribution in [0.4, 0.5) is 0 Å². The van der Waals surface area contributed by atoms with Crippen LogP contribution in [0.3, 0.4) is 0 Å². The van der Waals surface area contributed by atoms with Crippen LogP contribution in [0.2, 0.25) is 0 Å². The Morgan fingerprint density at radius 1 is 1.32 bits per heavy atom. The van der Waals surface area contributed by atoms with Crippen LogP contribution in [-0.4, -0.2) is 41.3 Å². The molecule has 0 fully saturated rings. The van der Waals surface area contributed by atoms with E-state index in [1.165, 1.54) is 6.20 Å². The number of carbonyl (C=O) groups excluding carboxylic acids is 2. The lowest BCUT2D eigenvalue weighted by molar-refractivity contribution is -0.130. The molecule has 0 aliphatic rings. The van der Waals surface area contributed by atoms with E-state index < -0.39 is 0 Å². The van der Waals surface area contributed by atoms with Crippen LogP contribution in [0, 0.1) is 0 Å². The third-order valence-corrected chi connectivity index (χ3v) is 3.20. The van der Waals surface area contributed by atoms with Gasteiger partial charge < -0.3 is 10.2 Å². The monoisotopic (exact) mass is 327 g/mol. The Morgan fingerprint density at radius 2 is 2.00 bits per heavy atom. The number of nitrogens with one attached hydrogen (secondary N) is 1. The van der Waals surface area contributed by atoms with Crippen LogP contribution in [0.5, 0.6) is 0 Å². The normalized spacial score (nSPS) is 10.1. The molecule has 19 heavy (non-hydrogen) atoms. The Bertz CT molecular complexity index is 430. The highest BCUT2D eigenvalue weighted by atomic mass is 79.9. The summed E-state index contributed by atoms with van der Waals surface area (Å²) >= 11 is 3.21. The summed E-state index contributed by atoms with van der Waals surface area (Å²) in [6.45, 7) is 5.60. The Hall–Kier alpha value is -1.43. The zero-order valence-corrected chi connectivity index (χ0v) is 12.7. The van der Waals surface area contributed by atoms with Gasteiger partial charge in [0, 0.05) is 32.3 Å². The van der Waals surface area contributed by atoms with Gasteiger partial charge in [-0.15, -0.1) is 0 Å². The van der Waals surface area contributed by atoms with E-state index in [4.69, 9.17) is 0 Å². The maximum Gasteiger partial charge on any atom is 0.252 e. The lowest BCUT2D eigenvalue weighted by Crippen LogP contribution is -2.34. The van der Waals surface area contributed by atoms with Gasteiger partial charge in [-0.05, 0) is 41.9 Å². The predicted molar refractivity (Wildman–Crippen MR) is 76.8 cm³/mol. The van der Waals surface area contributed by atoms with Crippen LogP contribution in [0.15, 0.2) is 22.9 Å². The first kappa shape index (κ1) is 15.6. The van der Waals surface area contributed by atoms with Crippen molar-refractivity contribution in [2.75, 3.05) is 19.6 Å². The molecule has 2 amide bonds. The van der Waals surface area contributed by atoms with Crippen molar-refractivity contribution >= 4 is 27.7 Å². The highest BCUT2D eigenvalue weighted by Crippen LogP contribution is 2.06. The lowest BCUT2D eigenvalue weighted by atomic mass is 10.2. The molecule has 1 heterocycles. The minimum absolute atomic E-state index is 0.0548. The molecule has 104 valence electrons. The molecule has 5 nitrogen and oxygen atoms in total. The molecule has 0 radical (unpaired) electrons. The highest BCUT2D eigenvalue weighted by molar-refractivity contribution is 9.10. The van der Waals surface area contributed by atoms with E-state index in [0.717, 1.165) is 0 Å². The average Bonchev–Trinajstić information content (AvgIpc) is 2.40. The second-order valence-corrected chi connectivity index (χ2v) is 4.75. The fourth-order valence-electron chi connectivity index (χ4n) is 1.63. The topological polar surface area (TPSA) is 62.3 Å². The molecule has 0 atom stereocenters. The van der Waals surface area contributed by atoms with Gasteiger partial charge in [-0.1, -0.05) is 0 Å². The summed E-state index contributed by atoms with van der Waals surface area (Å²) in [6, 6.07) is 3.38. The number of carbonyl (C=O) groups is 2. The van der Waals surface area contributed by atoms with Crippen molar-refractivity contribution in [3.63, 3.8) is 0 Å². The van der Waals surface area contributed by atoms with Gasteiger partial charge >= 0.3 is 0 Å². The highest BCUT2D eigenvalue weighted by Gasteiger charge is 2.10. The molecule has 0 saturated heterocycles. The number of rotatable bonds is 6. The van der Waals surface area contributed by atoms with Crippen LogP contribution in [-0.2, 0) is 4.79 Å². The van der Waals surface area contributed by atoms with Gasteiger partial charge in [-0.3, -0.25) is 9.59 Å². The van der Waals surface area contributed by atoms with Crippen molar-refractivity contribution in [2.45, 2.75) is 20.3 Å². The molecule has 0 bridgehead atoms. The van der Waals surface area contributed by atoms with Crippen LogP contribution in [0.25, 0.3) is 0 Å². The largest absolute Gasteiger partial charge is 0.351 e. The zero-order chi connectivity index (χ0) is 14.3. The fraction of sp³-hybridized carbons (Fsp3) is 0.462. The van der Waals surface area contributed by atoms with Gasteiger partial charge in [0.15, 0.2) is 0 Å². The Kier molecular flexibility index (Phi) is 6.49. The van der Waals surface area contributed by atoms with Crippen molar-refractivity contribution in [3.05, 3.63) is 28.5 Å². The fourth-order valence-corrected chi connectivity index (χ4v) is 1.86. The Labute approximate surface area is 121 Å². The van der Waals surface area contributed by atoms with E-state index in [2.05, 4.69) is 26.2 Å². The van der Waals surface area contributed by atoms with E-state index in [-0.39, 0.29) is 11.8 Å². The number of amides is 2. The number of hydrogen-bond acceptors (Lipinski definition) is 3. The molecule has 1 aromatic heterocycles. The third-order valence-electron chi connectivity index (χ3n) is 2.73. The SMILES string of the molecule is CCN(CC)C(=O)CCNC(=O)c1ccc(Br)nc1. The van der Waals surface area contributed by atoms with Gasteiger partial charge in [0.25, 0.3) is 5.91 Å². The first-order chi connectivity index (χ1) is 9.08. The van der Waals surface area contributed by atoms with E-state index in [9.17, 15) is 9.59 Å². The van der Waals surface area contributed by atoms with E-state index in [1.807, 2.05) is 13.8 Å². The van der Waals surface area contributed by atoms with Crippen molar-refractivity contribution in [1.29, 1.82) is 0 Å². The van der Waals surface area contributed by atoms with E-state index in [1.54, 1.807) is 17.0 Å². The zero-order valence-electron chi connectivity index (χ0n) is 11.1. The van der Waals surface area contributed by atoms with E-state index >= 15 is 0 Å². The molecular weight excluding hydrogens is 310 g/mol. The number of nitrogens with zero attached hydrogens (tertiary/aromatic N) is 2. The maximum atomic E-state index is 11.8. The van der Waals surface area contributed by atoms with Gasteiger partial charge in [0.1, 0.15) is 4.60 Å². The number of aromatic nitrogens is 1. The summed E-state index contributed by atoms with van der Waals surface area (Å²) in [5.41, 5.74) is 0.485. The van der Waals surface area contributed by atoms with Gasteiger partial charge in [-0.25, -0.2) is 4.98 Å². The first-order valence-corrected chi connectivity index (χ1v) is 7.05. The molecular formula is C13H18BrN3O2. The minimum atomic E-state index is -0.215. The van der Waals surface area contributed by atoms with Crippen molar-refractivity contribution in [2.24, 2.45) is 0 Å². The summed E-state index contributed by atoms with van der Waals surface area (Å²) < 4.78 is 0.681. The third kappa shape index (κ3) is 4.98. The second-order valence-electron chi connectivity index (χ2n) is 3.94. The minimum Gasteiger partial charge on any atom is -0.351 e. The molecule has 0 saturated carbocycles. The molecule has 1 aromatic rings. The quantitative estimate of drug-likeness (QED) is 0.811. The molecule has 6 heteroatoms. The smallest absolute Gasteiger partial charge is 0.252 e. The van der Waals surface area contributed by atoms with E-state index in [0.29, 0.717) is 36.2 Å². The van der Waals surface area contributed by atoms with Gasteiger partial charge in [-0.2, -0.15) is 0 Å². The molecule has 0 unspecified atom stereocenters. The molecule has 0 aromatic carbocycles. The number of halogens is 1. The maximum absolute atomic E-state index is 11.8. The predicted octanol–water partition coefficient (Wildman–Crippen LogP) is 1.83. The second kappa shape index (κ2) is 7.89. The van der Waals surface area contributed by atoms with Gasteiger partial charge in [0.05, 0.1) is 5.56 Å². The summed E-state index contributed by atoms with van der Waals surface area (Å²) in [5, 5.41) is 2.71. The summed E-state index contributed by atoms with van der Waals surface area (Å²) in [7, 11) is 0. The first-order valence-electron chi connectivity index (χ1n) is 6.26. The van der Waals surface area contributed by atoms with Crippen LogP contribution in [0.1, 0.15) is 30.6 Å². The lowest BCUT2D eigenvalue weighted by Gasteiger charge is -2.18. The van der Waals surface area contributed by atoms with Gasteiger partial charge in [0.2, 0.25) is 5.91 Å². The van der Waals surface area contributed by atoms with Crippen molar-refractivity contribution in [3.8, 4) is 0 Å². The summed E-state index contributed by atoms with van der Waals surface area (Å²) in [5.74, 6) is -0.161. The Balaban J connectivity index is 2.39. The number of pyridine rings is 1. The summed E-state index contributed by atoms with van der Waals surface area (Å²) in [6.07, 6.45) is 1.81. The molecule has 0 aliphatic carbocycles. The van der Waals surface area contributed by atoms with Crippen molar-refractivity contribution in [1.82, 2.24) is 15.2 Å². The standard InChI is InChI=1S/C13H18BrN3O2/c1-3-17(4-2)12(18)7-8-15-13(19)10-5-6-11(14)16-9-10/h5-6,9H,3-4,7-8H2,1-2H3,(H,15,19). The average molecular weight is 328 g/mol. The van der Waals surface area contributed by atoms with Crippen LogP contribution < -0.4 is 5.32 Å².